The molecule has 0 aliphatic rings. The Hall–Kier alpha value is -0.550. The van der Waals surface area contributed by atoms with Crippen molar-refractivity contribution in [1.82, 2.24) is 0 Å². The van der Waals surface area contributed by atoms with Gasteiger partial charge in [-0.3, -0.25) is 0 Å². The Bertz CT molecular complexity index is 299. The van der Waals surface area contributed by atoms with Crippen molar-refractivity contribution in [3.05, 3.63) is 29.8 Å². The summed E-state index contributed by atoms with van der Waals surface area (Å²) >= 11 is 0. The van der Waals surface area contributed by atoms with Crippen LogP contribution in [0.25, 0.3) is 0 Å². The van der Waals surface area contributed by atoms with Crippen LogP contribution in [0.15, 0.2) is 24.3 Å². The van der Waals surface area contributed by atoms with Crippen molar-refractivity contribution in [3.63, 3.8) is 0 Å². The van der Waals surface area contributed by atoms with Gasteiger partial charge in [0.15, 0.2) is 0 Å². The summed E-state index contributed by atoms with van der Waals surface area (Å²) in [5.41, 5.74) is 1.36. The van der Waals surface area contributed by atoms with Crippen LogP contribution in [0.1, 0.15) is 57.4 Å². The third-order valence-corrected chi connectivity index (χ3v) is 3.39. The fraction of sp³-hybridized carbons (Fsp3) is 0.571. The van der Waals surface area contributed by atoms with E-state index in [0.717, 1.165) is 5.75 Å². The molecule has 0 aromatic heterocycles. The first-order valence-corrected chi connectivity index (χ1v) is 6.76. The fourth-order valence-corrected chi connectivity index (χ4v) is 2.36. The largest absolute Gasteiger partial charge is 0.480 e. The van der Waals surface area contributed by atoms with E-state index in [1.165, 1.54) is 37.7 Å². The lowest BCUT2D eigenvalue weighted by Gasteiger charge is -2.17. The molecule has 0 spiro atoms. The van der Waals surface area contributed by atoms with Crippen molar-refractivity contribution in [2.75, 3.05) is 0 Å². The van der Waals surface area contributed by atoms with Crippen LogP contribution in [0.5, 0.6) is 5.75 Å². The monoisotopic (exact) mass is 238 g/mol. The van der Waals surface area contributed by atoms with Gasteiger partial charge in [0, 0.05) is 0 Å². The molecule has 0 radical (unpaired) electrons. The van der Waals surface area contributed by atoms with Gasteiger partial charge in [0.1, 0.15) is 5.75 Å². The molecule has 2 atom stereocenters. The predicted molar refractivity (Wildman–Crippen MR) is 74.0 cm³/mol. The Morgan fingerprint density at radius 3 is 2.56 bits per heavy atom. The number of unbranched alkanes of at least 4 members (excludes halogenated alkanes) is 2. The summed E-state index contributed by atoms with van der Waals surface area (Å²) < 4.78 is 5.35. The van der Waals surface area contributed by atoms with Crippen molar-refractivity contribution in [3.8, 4) is 5.75 Å². The number of rotatable bonds is 7. The maximum atomic E-state index is 5.35. The summed E-state index contributed by atoms with van der Waals surface area (Å²) in [7, 11) is 2.35. The molecule has 1 rings (SSSR count). The fourth-order valence-electron chi connectivity index (χ4n) is 2.15. The molecule has 2 heteroatoms. The van der Waals surface area contributed by atoms with E-state index in [0.29, 0.717) is 5.92 Å². The number of para-hydroxylation sites is 1. The van der Waals surface area contributed by atoms with Crippen molar-refractivity contribution in [1.29, 1.82) is 0 Å². The van der Waals surface area contributed by atoms with Gasteiger partial charge in [-0.25, -0.2) is 0 Å². The van der Waals surface area contributed by atoms with Crippen LogP contribution in [0.3, 0.4) is 0 Å². The highest BCUT2D eigenvalue weighted by atomic mass is 31.0. The molecule has 0 saturated heterocycles. The van der Waals surface area contributed by atoms with E-state index in [2.05, 4.69) is 35.4 Å². The van der Waals surface area contributed by atoms with E-state index in [1.807, 2.05) is 12.1 Å². The molecule has 0 aliphatic heterocycles. The Kier molecular flexibility index (Phi) is 6.49. The van der Waals surface area contributed by atoms with E-state index in [9.17, 15) is 0 Å². The Balaban J connectivity index is 2.69. The third-order valence-electron chi connectivity index (χ3n) is 3.13. The van der Waals surface area contributed by atoms with Gasteiger partial charge in [0.2, 0.25) is 0 Å². The van der Waals surface area contributed by atoms with Crippen molar-refractivity contribution in [2.24, 2.45) is 0 Å². The molecule has 0 amide bonds. The van der Waals surface area contributed by atoms with E-state index >= 15 is 0 Å². The third kappa shape index (κ3) is 3.79. The Labute approximate surface area is 102 Å². The van der Waals surface area contributed by atoms with Crippen molar-refractivity contribution in [2.45, 2.75) is 51.9 Å². The first-order valence-electron chi connectivity index (χ1n) is 6.29. The van der Waals surface area contributed by atoms with Gasteiger partial charge in [-0.1, -0.05) is 51.3 Å². The van der Waals surface area contributed by atoms with Gasteiger partial charge < -0.3 is 4.52 Å². The summed E-state index contributed by atoms with van der Waals surface area (Å²) in [6.07, 6.45) is 6.41. The lowest BCUT2D eigenvalue weighted by molar-refractivity contribution is 0.533. The van der Waals surface area contributed by atoms with Gasteiger partial charge in [0.05, 0.1) is 9.47 Å². The molecule has 90 valence electrons. The average molecular weight is 238 g/mol. The quantitative estimate of drug-likeness (QED) is 0.483. The lowest BCUT2D eigenvalue weighted by atomic mass is 9.90. The van der Waals surface area contributed by atoms with Crippen LogP contribution in [-0.2, 0) is 0 Å². The molecule has 1 aromatic rings. The summed E-state index contributed by atoms with van der Waals surface area (Å²) in [4.78, 5) is 0. The zero-order valence-corrected chi connectivity index (χ0v) is 11.6. The van der Waals surface area contributed by atoms with Crippen molar-refractivity contribution < 1.29 is 4.52 Å². The molecule has 1 aromatic carbocycles. The number of benzene rings is 1. The van der Waals surface area contributed by atoms with E-state index in [4.69, 9.17) is 4.52 Å². The van der Waals surface area contributed by atoms with Gasteiger partial charge >= 0.3 is 0 Å². The highest BCUT2D eigenvalue weighted by Gasteiger charge is 2.13. The molecule has 0 fully saturated rings. The van der Waals surface area contributed by atoms with E-state index < -0.39 is 0 Å². The maximum Gasteiger partial charge on any atom is 0.125 e. The maximum absolute atomic E-state index is 5.35. The van der Waals surface area contributed by atoms with Crippen LogP contribution in [0, 0.1) is 0 Å². The number of hydrogen-bond donors (Lipinski definition) is 0. The molecule has 0 heterocycles. The standard InChI is InChI=1S/C14H23OP/c1-3-5-6-9-12(4-2)13-10-7-8-11-14(13)15-16/h7-8,10-12H,3-6,9,16H2,1-2H3. The summed E-state index contributed by atoms with van der Waals surface area (Å²) in [6, 6.07) is 8.37. The minimum Gasteiger partial charge on any atom is -0.480 e. The zero-order valence-electron chi connectivity index (χ0n) is 10.4. The van der Waals surface area contributed by atoms with Gasteiger partial charge in [-0.2, -0.15) is 0 Å². The minimum absolute atomic E-state index is 0.642. The van der Waals surface area contributed by atoms with Gasteiger partial charge in [0.25, 0.3) is 0 Å². The van der Waals surface area contributed by atoms with Gasteiger partial charge in [-0.05, 0) is 30.4 Å². The Morgan fingerprint density at radius 2 is 1.94 bits per heavy atom. The lowest BCUT2D eigenvalue weighted by Crippen LogP contribution is -1.99. The molecule has 2 unspecified atom stereocenters. The predicted octanol–water partition coefficient (Wildman–Crippen LogP) is 4.93. The average Bonchev–Trinajstić information content (AvgIpc) is 2.35. The van der Waals surface area contributed by atoms with Gasteiger partial charge in [-0.15, -0.1) is 0 Å². The SMILES string of the molecule is CCCCCC(CC)c1ccccc1OP. The molecule has 1 nitrogen and oxygen atoms in total. The minimum atomic E-state index is 0.642. The molecule has 16 heavy (non-hydrogen) atoms. The summed E-state index contributed by atoms with van der Waals surface area (Å²) in [6.45, 7) is 4.51. The highest BCUT2D eigenvalue weighted by molar-refractivity contribution is 7.10. The van der Waals surface area contributed by atoms with Crippen molar-refractivity contribution >= 4 is 9.47 Å². The van der Waals surface area contributed by atoms with Crippen LogP contribution < -0.4 is 4.52 Å². The molecule has 0 bridgehead atoms. The molecular weight excluding hydrogens is 215 g/mol. The van der Waals surface area contributed by atoms with Crippen LogP contribution in [0.2, 0.25) is 0 Å². The van der Waals surface area contributed by atoms with Crippen LogP contribution >= 0.6 is 9.47 Å². The molecule has 0 aliphatic carbocycles. The Morgan fingerprint density at radius 1 is 1.19 bits per heavy atom. The van der Waals surface area contributed by atoms with E-state index in [1.54, 1.807) is 0 Å². The smallest absolute Gasteiger partial charge is 0.125 e. The van der Waals surface area contributed by atoms with Crippen LogP contribution in [0.4, 0.5) is 0 Å². The molecule has 0 saturated carbocycles. The first kappa shape index (κ1) is 13.5. The second-order valence-corrected chi connectivity index (χ2v) is 4.49. The molecular formula is C14H23OP. The summed E-state index contributed by atoms with van der Waals surface area (Å²) in [5.74, 6) is 1.65. The highest BCUT2D eigenvalue weighted by Crippen LogP contribution is 2.33. The second kappa shape index (κ2) is 7.68. The normalized spacial score (nSPS) is 12.4. The van der Waals surface area contributed by atoms with E-state index in [-0.39, 0.29) is 0 Å². The first-order chi connectivity index (χ1) is 7.83. The topological polar surface area (TPSA) is 9.23 Å². The molecule has 0 N–H and O–H groups in total. The zero-order chi connectivity index (χ0) is 11.8. The number of hydrogen-bond acceptors (Lipinski definition) is 1. The second-order valence-electron chi connectivity index (χ2n) is 4.26. The summed E-state index contributed by atoms with van der Waals surface area (Å²) in [5, 5.41) is 0. The van der Waals surface area contributed by atoms with Crippen LogP contribution in [-0.4, -0.2) is 0 Å².